The van der Waals surface area contributed by atoms with E-state index in [1.807, 2.05) is 12.1 Å². The predicted octanol–water partition coefficient (Wildman–Crippen LogP) is 0.860. The van der Waals surface area contributed by atoms with E-state index in [9.17, 15) is 9.59 Å². The second-order valence-electron chi connectivity index (χ2n) is 3.42. The van der Waals surface area contributed by atoms with Gasteiger partial charge in [-0.2, -0.15) is 0 Å². The maximum absolute atomic E-state index is 11.2. The summed E-state index contributed by atoms with van der Waals surface area (Å²) in [5, 5.41) is 5.26. The lowest BCUT2D eigenvalue weighted by Gasteiger charge is -2.06. The first-order valence-electron chi connectivity index (χ1n) is 5.08. The van der Waals surface area contributed by atoms with Crippen LogP contribution in [-0.4, -0.2) is 23.3 Å². The lowest BCUT2D eigenvalue weighted by atomic mass is 10.3. The molecule has 0 aromatic carbocycles. The zero-order chi connectivity index (χ0) is 11.8. The summed E-state index contributed by atoms with van der Waals surface area (Å²) >= 11 is 0. The summed E-state index contributed by atoms with van der Waals surface area (Å²) < 4.78 is 0. The molecule has 0 aliphatic carbocycles. The Morgan fingerprint density at radius 2 is 2.19 bits per heavy atom. The Bertz CT molecular complexity index is 352. The molecule has 0 radical (unpaired) electrons. The number of carbonyl (C=O) groups excluding carboxylic acids is 2. The number of Topliss-reactive ketones (excluding diaryl/α,β-unsaturated/α-hetero) is 1. The molecule has 0 unspecified atom stereocenters. The summed E-state index contributed by atoms with van der Waals surface area (Å²) in [7, 11) is 0. The van der Waals surface area contributed by atoms with E-state index in [-0.39, 0.29) is 11.8 Å². The molecular formula is C11H15N3O2. The smallest absolute Gasteiger partial charge is 0.315 e. The Kier molecular flexibility index (Phi) is 4.98. The van der Waals surface area contributed by atoms with Crippen molar-refractivity contribution in [2.75, 3.05) is 6.54 Å². The Morgan fingerprint density at radius 3 is 2.81 bits per heavy atom. The fourth-order valence-corrected chi connectivity index (χ4v) is 1.10. The minimum atomic E-state index is -0.273. The van der Waals surface area contributed by atoms with Crippen LogP contribution in [-0.2, 0) is 11.3 Å². The molecule has 1 aromatic heterocycles. The number of hydrogen-bond acceptors (Lipinski definition) is 3. The van der Waals surface area contributed by atoms with Gasteiger partial charge in [0.05, 0.1) is 0 Å². The highest BCUT2D eigenvalue weighted by atomic mass is 16.2. The van der Waals surface area contributed by atoms with Gasteiger partial charge < -0.3 is 10.6 Å². The Labute approximate surface area is 94.3 Å². The fraction of sp³-hybridized carbons (Fsp3) is 0.364. The van der Waals surface area contributed by atoms with Gasteiger partial charge >= 0.3 is 6.03 Å². The second-order valence-corrected chi connectivity index (χ2v) is 3.42. The van der Waals surface area contributed by atoms with E-state index in [2.05, 4.69) is 15.6 Å². The van der Waals surface area contributed by atoms with Crippen LogP contribution in [0.1, 0.15) is 18.9 Å². The van der Waals surface area contributed by atoms with E-state index >= 15 is 0 Å². The van der Waals surface area contributed by atoms with Gasteiger partial charge in [0.2, 0.25) is 0 Å². The first-order chi connectivity index (χ1) is 7.68. The number of aromatic nitrogens is 1. The third-order valence-corrected chi connectivity index (χ3v) is 1.94. The van der Waals surface area contributed by atoms with Crippen molar-refractivity contribution >= 4 is 11.8 Å². The van der Waals surface area contributed by atoms with Gasteiger partial charge in [-0.1, -0.05) is 6.07 Å². The molecule has 0 bridgehead atoms. The molecule has 5 heteroatoms. The SMILES string of the molecule is CC(=O)CCNC(=O)NCc1cccnc1. The molecule has 1 aromatic rings. The zero-order valence-electron chi connectivity index (χ0n) is 9.19. The van der Waals surface area contributed by atoms with Crippen molar-refractivity contribution < 1.29 is 9.59 Å². The average Bonchev–Trinajstić information content (AvgIpc) is 2.27. The van der Waals surface area contributed by atoms with Crippen molar-refractivity contribution in [1.82, 2.24) is 15.6 Å². The normalized spacial score (nSPS) is 9.56. The third-order valence-electron chi connectivity index (χ3n) is 1.94. The van der Waals surface area contributed by atoms with E-state index in [1.54, 1.807) is 12.4 Å². The molecule has 0 atom stereocenters. The second kappa shape index (κ2) is 6.55. The molecule has 2 N–H and O–H groups in total. The lowest BCUT2D eigenvalue weighted by molar-refractivity contribution is -0.116. The van der Waals surface area contributed by atoms with Gasteiger partial charge in [-0.15, -0.1) is 0 Å². The van der Waals surface area contributed by atoms with Crippen LogP contribution in [0.5, 0.6) is 0 Å². The maximum atomic E-state index is 11.2. The first-order valence-corrected chi connectivity index (χ1v) is 5.08. The van der Waals surface area contributed by atoms with E-state index in [0.717, 1.165) is 5.56 Å². The summed E-state index contributed by atoms with van der Waals surface area (Å²) in [4.78, 5) is 25.8. The number of hydrogen-bond donors (Lipinski definition) is 2. The zero-order valence-corrected chi connectivity index (χ0v) is 9.19. The molecule has 0 fully saturated rings. The highest BCUT2D eigenvalue weighted by Gasteiger charge is 2.00. The number of nitrogens with zero attached hydrogens (tertiary/aromatic N) is 1. The summed E-state index contributed by atoms with van der Waals surface area (Å²) in [6, 6.07) is 3.41. The molecule has 5 nitrogen and oxygen atoms in total. The molecule has 86 valence electrons. The molecule has 0 spiro atoms. The van der Waals surface area contributed by atoms with Crippen molar-refractivity contribution in [3.63, 3.8) is 0 Å². The highest BCUT2D eigenvalue weighted by Crippen LogP contribution is 1.93. The molecule has 0 saturated carbocycles. The third kappa shape index (κ3) is 5.09. The minimum absolute atomic E-state index is 0.0626. The summed E-state index contributed by atoms with van der Waals surface area (Å²) in [5.41, 5.74) is 0.934. The minimum Gasteiger partial charge on any atom is -0.338 e. The number of urea groups is 1. The van der Waals surface area contributed by atoms with Crippen molar-refractivity contribution in [1.29, 1.82) is 0 Å². The van der Waals surface area contributed by atoms with E-state index in [0.29, 0.717) is 19.5 Å². The average molecular weight is 221 g/mol. The maximum Gasteiger partial charge on any atom is 0.315 e. The van der Waals surface area contributed by atoms with Gasteiger partial charge in [0, 0.05) is 31.9 Å². The number of ketones is 1. The van der Waals surface area contributed by atoms with Crippen molar-refractivity contribution in [2.24, 2.45) is 0 Å². The van der Waals surface area contributed by atoms with E-state index in [4.69, 9.17) is 0 Å². The van der Waals surface area contributed by atoms with Crippen LogP contribution in [0.15, 0.2) is 24.5 Å². The van der Waals surface area contributed by atoms with Crippen LogP contribution in [0.4, 0.5) is 4.79 Å². The molecule has 2 amide bonds. The molecule has 1 rings (SSSR count). The molecule has 0 saturated heterocycles. The van der Waals surface area contributed by atoms with Crippen LogP contribution in [0, 0.1) is 0 Å². The Morgan fingerprint density at radius 1 is 1.38 bits per heavy atom. The number of pyridine rings is 1. The largest absolute Gasteiger partial charge is 0.338 e. The number of carbonyl (C=O) groups is 2. The summed E-state index contributed by atoms with van der Waals surface area (Å²) in [5.74, 6) is 0.0626. The monoisotopic (exact) mass is 221 g/mol. The van der Waals surface area contributed by atoms with Crippen LogP contribution >= 0.6 is 0 Å². The van der Waals surface area contributed by atoms with Crippen LogP contribution < -0.4 is 10.6 Å². The van der Waals surface area contributed by atoms with Gasteiger partial charge in [0.1, 0.15) is 5.78 Å². The van der Waals surface area contributed by atoms with Crippen molar-refractivity contribution in [2.45, 2.75) is 19.9 Å². The van der Waals surface area contributed by atoms with E-state index < -0.39 is 0 Å². The lowest BCUT2D eigenvalue weighted by Crippen LogP contribution is -2.36. The van der Waals surface area contributed by atoms with Gasteiger partial charge in [0.25, 0.3) is 0 Å². The Balaban J connectivity index is 2.18. The molecule has 0 aliphatic rings. The van der Waals surface area contributed by atoms with Gasteiger partial charge in [-0.25, -0.2) is 4.79 Å². The van der Waals surface area contributed by atoms with Crippen molar-refractivity contribution in [3.8, 4) is 0 Å². The van der Waals surface area contributed by atoms with Gasteiger partial charge in [-0.05, 0) is 18.6 Å². The van der Waals surface area contributed by atoms with Gasteiger partial charge in [-0.3, -0.25) is 9.78 Å². The van der Waals surface area contributed by atoms with Crippen LogP contribution in [0.3, 0.4) is 0 Å². The van der Waals surface area contributed by atoms with Crippen molar-refractivity contribution in [3.05, 3.63) is 30.1 Å². The topological polar surface area (TPSA) is 71.1 Å². The fourth-order valence-electron chi connectivity index (χ4n) is 1.10. The first kappa shape index (κ1) is 12.2. The number of nitrogens with one attached hydrogen (secondary N) is 2. The number of amides is 2. The molecule has 16 heavy (non-hydrogen) atoms. The van der Waals surface area contributed by atoms with Gasteiger partial charge in [0.15, 0.2) is 0 Å². The standard InChI is InChI=1S/C11H15N3O2/c1-9(15)4-6-13-11(16)14-8-10-3-2-5-12-7-10/h2-3,5,7H,4,6,8H2,1H3,(H2,13,14,16). The molecule has 1 heterocycles. The predicted molar refractivity (Wildman–Crippen MR) is 59.8 cm³/mol. The summed E-state index contributed by atoms with van der Waals surface area (Å²) in [6.45, 7) is 2.29. The van der Waals surface area contributed by atoms with E-state index in [1.165, 1.54) is 6.92 Å². The quantitative estimate of drug-likeness (QED) is 0.774. The highest BCUT2D eigenvalue weighted by molar-refractivity contribution is 5.77. The summed E-state index contributed by atoms with van der Waals surface area (Å²) in [6.07, 6.45) is 3.73. The molecule has 0 aliphatic heterocycles. The number of rotatable bonds is 5. The van der Waals surface area contributed by atoms with Crippen LogP contribution in [0.25, 0.3) is 0 Å². The van der Waals surface area contributed by atoms with Crippen LogP contribution in [0.2, 0.25) is 0 Å². The Hall–Kier alpha value is -1.91. The molecular weight excluding hydrogens is 206 g/mol.